The van der Waals surface area contributed by atoms with Gasteiger partial charge in [0.15, 0.2) is 0 Å². The van der Waals surface area contributed by atoms with Gasteiger partial charge in [0.05, 0.1) is 5.69 Å². The molecule has 0 unspecified atom stereocenters. The molecule has 0 saturated carbocycles. The first-order valence-corrected chi connectivity index (χ1v) is 3.64. The van der Waals surface area contributed by atoms with E-state index in [-0.39, 0.29) is 0 Å². The first-order chi connectivity index (χ1) is 5.24. The third-order valence-corrected chi connectivity index (χ3v) is 1.53. The Kier molecular flexibility index (Phi) is 2.43. The highest BCUT2D eigenvalue weighted by Gasteiger charge is 1.98. The number of nitrogen functional groups attached to an aromatic ring is 1. The van der Waals surface area contributed by atoms with Crippen LogP contribution in [0.15, 0.2) is 16.7 Å². The Morgan fingerprint density at radius 1 is 1.73 bits per heavy atom. The van der Waals surface area contributed by atoms with Gasteiger partial charge in [0.1, 0.15) is 5.82 Å². The Labute approximate surface area is 71.9 Å². The van der Waals surface area contributed by atoms with Crippen molar-refractivity contribution in [1.29, 1.82) is 0 Å². The number of anilines is 2. The largest absolute Gasteiger partial charge is 0.382 e. The van der Waals surface area contributed by atoms with Gasteiger partial charge in [-0.1, -0.05) is 0 Å². The van der Waals surface area contributed by atoms with Crippen LogP contribution < -0.4 is 11.1 Å². The number of nitrogens with zero attached hydrogens (tertiary/aromatic N) is 1. The number of halogens is 1. The maximum absolute atomic E-state index is 10.0. The van der Waals surface area contributed by atoms with Crippen molar-refractivity contribution in [3.8, 4) is 0 Å². The Hall–Kier alpha value is -1.10. The summed E-state index contributed by atoms with van der Waals surface area (Å²) < 4.78 is 0.774. The fourth-order valence-corrected chi connectivity index (χ4v) is 0.960. The van der Waals surface area contributed by atoms with Crippen molar-refractivity contribution in [2.45, 2.75) is 0 Å². The molecule has 0 aliphatic heterocycles. The molecule has 1 aromatic heterocycles. The number of nitrogens with two attached hydrogens (primary N) is 1. The molecule has 0 saturated heterocycles. The minimum atomic E-state index is 0.306. The molecule has 11 heavy (non-hydrogen) atoms. The van der Waals surface area contributed by atoms with E-state index in [4.69, 9.17) is 5.73 Å². The van der Waals surface area contributed by atoms with Gasteiger partial charge in [0.2, 0.25) is 6.41 Å². The highest BCUT2D eigenvalue weighted by molar-refractivity contribution is 9.10. The maximum atomic E-state index is 10.0. The molecule has 1 heterocycles. The summed E-state index contributed by atoms with van der Waals surface area (Å²) in [5.41, 5.74) is 5.93. The smallest absolute Gasteiger partial charge is 0.211 e. The Balaban J connectivity index is 3.01. The topological polar surface area (TPSA) is 68.0 Å². The SMILES string of the molecule is Nc1ncc(Br)cc1NC=O. The van der Waals surface area contributed by atoms with E-state index in [1.165, 1.54) is 0 Å². The van der Waals surface area contributed by atoms with Crippen molar-refractivity contribution in [2.24, 2.45) is 0 Å². The number of pyridine rings is 1. The number of rotatable bonds is 2. The van der Waals surface area contributed by atoms with Crippen LogP contribution in [0.3, 0.4) is 0 Å². The van der Waals surface area contributed by atoms with Crippen molar-refractivity contribution >= 4 is 33.8 Å². The molecule has 3 N–H and O–H groups in total. The second kappa shape index (κ2) is 3.34. The van der Waals surface area contributed by atoms with Crippen LogP contribution in [0.4, 0.5) is 11.5 Å². The summed E-state index contributed by atoms with van der Waals surface area (Å²) in [4.78, 5) is 13.8. The van der Waals surface area contributed by atoms with Gasteiger partial charge in [-0.15, -0.1) is 0 Å². The molecule has 0 spiro atoms. The summed E-state index contributed by atoms with van der Waals surface area (Å²) in [7, 11) is 0. The van der Waals surface area contributed by atoms with Gasteiger partial charge in [0.25, 0.3) is 0 Å². The number of carbonyl (C=O) groups is 1. The zero-order chi connectivity index (χ0) is 8.27. The lowest BCUT2D eigenvalue weighted by atomic mass is 10.4. The van der Waals surface area contributed by atoms with Crippen LogP contribution in [0.2, 0.25) is 0 Å². The third kappa shape index (κ3) is 1.91. The minimum Gasteiger partial charge on any atom is -0.382 e. The molecule has 58 valence electrons. The molecule has 4 nitrogen and oxygen atoms in total. The second-order valence-electron chi connectivity index (χ2n) is 1.85. The molecule has 1 rings (SSSR count). The van der Waals surface area contributed by atoms with Crippen molar-refractivity contribution in [3.05, 3.63) is 16.7 Å². The number of nitrogens with one attached hydrogen (secondary N) is 1. The van der Waals surface area contributed by atoms with Gasteiger partial charge >= 0.3 is 0 Å². The van der Waals surface area contributed by atoms with E-state index in [1.807, 2.05) is 0 Å². The van der Waals surface area contributed by atoms with Crippen molar-refractivity contribution < 1.29 is 4.79 Å². The van der Waals surface area contributed by atoms with E-state index in [0.29, 0.717) is 17.9 Å². The van der Waals surface area contributed by atoms with Crippen LogP contribution in [-0.4, -0.2) is 11.4 Å². The summed E-state index contributed by atoms with van der Waals surface area (Å²) in [6, 6.07) is 1.68. The van der Waals surface area contributed by atoms with Gasteiger partial charge in [-0.3, -0.25) is 4.79 Å². The molecular formula is C6H6BrN3O. The lowest BCUT2D eigenvalue weighted by molar-refractivity contribution is -0.105. The molecule has 5 heteroatoms. The Morgan fingerprint density at radius 3 is 3.09 bits per heavy atom. The molecule has 1 aromatic rings. The van der Waals surface area contributed by atoms with Crippen molar-refractivity contribution in [3.63, 3.8) is 0 Å². The number of amides is 1. The normalized spacial score (nSPS) is 9.18. The first kappa shape index (κ1) is 8.00. The van der Waals surface area contributed by atoms with Crippen LogP contribution in [0, 0.1) is 0 Å². The monoisotopic (exact) mass is 215 g/mol. The van der Waals surface area contributed by atoms with Gasteiger partial charge in [-0.2, -0.15) is 0 Å². The standard InChI is InChI=1S/C6H6BrN3O/c7-4-1-5(10-3-11)6(8)9-2-4/h1-3H,(H2,8,9)(H,10,11). The van der Waals surface area contributed by atoms with Crippen molar-refractivity contribution in [2.75, 3.05) is 11.1 Å². The van der Waals surface area contributed by atoms with E-state index < -0.39 is 0 Å². The summed E-state index contributed by atoms with van der Waals surface area (Å²) in [6.07, 6.45) is 2.12. The average Bonchev–Trinajstić information content (AvgIpc) is 1.98. The molecule has 0 atom stereocenters. The van der Waals surface area contributed by atoms with Crippen LogP contribution >= 0.6 is 15.9 Å². The zero-order valence-corrected chi connectivity index (χ0v) is 7.13. The Morgan fingerprint density at radius 2 is 2.45 bits per heavy atom. The lowest BCUT2D eigenvalue weighted by Gasteiger charge is -2.01. The van der Waals surface area contributed by atoms with Gasteiger partial charge in [0, 0.05) is 10.7 Å². The zero-order valence-electron chi connectivity index (χ0n) is 5.54. The van der Waals surface area contributed by atoms with E-state index in [0.717, 1.165) is 4.47 Å². The average molecular weight is 216 g/mol. The fraction of sp³-hybridized carbons (Fsp3) is 0. The Bertz CT molecular complexity index is 277. The summed E-state index contributed by atoms with van der Waals surface area (Å²) in [6.45, 7) is 0. The number of aromatic nitrogens is 1. The molecule has 0 radical (unpaired) electrons. The van der Waals surface area contributed by atoms with Gasteiger partial charge in [-0.05, 0) is 22.0 Å². The fourth-order valence-electron chi connectivity index (χ4n) is 0.629. The van der Waals surface area contributed by atoms with Crippen LogP contribution in [0.25, 0.3) is 0 Å². The highest BCUT2D eigenvalue weighted by atomic mass is 79.9. The summed E-state index contributed by atoms with van der Waals surface area (Å²) in [5.74, 6) is 0.306. The molecule has 0 bridgehead atoms. The predicted octanol–water partition coefficient (Wildman–Crippen LogP) is 0.995. The third-order valence-electron chi connectivity index (χ3n) is 1.10. The minimum absolute atomic E-state index is 0.306. The molecular weight excluding hydrogens is 210 g/mol. The highest BCUT2D eigenvalue weighted by Crippen LogP contribution is 2.19. The van der Waals surface area contributed by atoms with E-state index in [2.05, 4.69) is 26.2 Å². The van der Waals surface area contributed by atoms with Gasteiger partial charge in [-0.25, -0.2) is 4.98 Å². The van der Waals surface area contributed by atoms with Crippen LogP contribution in [0.1, 0.15) is 0 Å². The number of hydrogen-bond acceptors (Lipinski definition) is 3. The molecule has 0 aliphatic carbocycles. The van der Waals surface area contributed by atoms with E-state index in [9.17, 15) is 4.79 Å². The van der Waals surface area contributed by atoms with Crippen LogP contribution in [0.5, 0.6) is 0 Å². The number of carbonyl (C=O) groups excluding carboxylic acids is 1. The molecule has 0 aliphatic rings. The summed E-state index contributed by atoms with van der Waals surface area (Å²) >= 11 is 3.19. The maximum Gasteiger partial charge on any atom is 0.211 e. The second-order valence-corrected chi connectivity index (χ2v) is 2.76. The molecule has 0 aromatic carbocycles. The van der Waals surface area contributed by atoms with E-state index in [1.54, 1.807) is 12.3 Å². The number of hydrogen-bond donors (Lipinski definition) is 2. The lowest BCUT2D eigenvalue weighted by Crippen LogP contribution is -2.00. The molecule has 1 amide bonds. The van der Waals surface area contributed by atoms with E-state index >= 15 is 0 Å². The first-order valence-electron chi connectivity index (χ1n) is 2.85. The van der Waals surface area contributed by atoms with Crippen molar-refractivity contribution in [1.82, 2.24) is 4.98 Å². The van der Waals surface area contributed by atoms with Crippen LogP contribution in [-0.2, 0) is 4.79 Å². The van der Waals surface area contributed by atoms with Gasteiger partial charge < -0.3 is 11.1 Å². The molecule has 0 fully saturated rings. The quantitative estimate of drug-likeness (QED) is 0.724. The predicted molar refractivity (Wildman–Crippen MR) is 46.0 cm³/mol. The summed E-state index contributed by atoms with van der Waals surface area (Å²) in [5, 5.41) is 2.42.